The molecule has 2 aliphatic rings. The van der Waals surface area contributed by atoms with Gasteiger partial charge >= 0.3 is 6.09 Å². The van der Waals surface area contributed by atoms with E-state index >= 15 is 0 Å². The summed E-state index contributed by atoms with van der Waals surface area (Å²) in [5.41, 5.74) is 0. The molecule has 106 valence electrons. The van der Waals surface area contributed by atoms with Crippen LogP contribution in [0.15, 0.2) is 0 Å². The second kappa shape index (κ2) is 6.01. The van der Waals surface area contributed by atoms with Crippen LogP contribution in [0.5, 0.6) is 0 Å². The minimum absolute atomic E-state index is 0.109. The number of hydrogen-bond acceptors (Lipinski definition) is 5. The number of amides is 3. The van der Waals surface area contributed by atoms with Gasteiger partial charge in [0.2, 0.25) is 0 Å². The number of imide groups is 1. The maximum absolute atomic E-state index is 11.5. The van der Waals surface area contributed by atoms with E-state index in [4.69, 9.17) is 4.84 Å². The van der Waals surface area contributed by atoms with Gasteiger partial charge in [-0.2, -0.15) is 0 Å². The number of carbonyl (C=O) groups excluding carboxylic acids is 3. The molecule has 19 heavy (non-hydrogen) atoms. The summed E-state index contributed by atoms with van der Waals surface area (Å²) in [5, 5.41) is 3.16. The van der Waals surface area contributed by atoms with Crippen LogP contribution in [0.1, 0.15) is 32.1 Å². The molecular weight excluding hydrogens is 250 g/mol. The molecule has 2 saturated heterocycles. The Balaban J connectivity index is 1.75. The van der Waals surface area contributed by atoms with Gasteiger partial charge in [-0.1, -0.05) is 6.42 Å². The molecule has 0 saturated carbocycles. The maximum atomic E-state index is 11.5. The Bertz CT molecular complexity index is 369. The van der Waals surface area contributed by atoms with Crippen LogP contribution in [0.4, 0.5) is 4.79 Å². The highest BCUT2D eigenvalue weighted by molar-refractivity contribution is 6.01. The number of nitrogens with one attached hydrogen (secondary N) is 1. The zero-order valence-electron chi connectivity index (χ0n) is 11.1. The summed E-state index contributed by atoms with van der Waals surface area (Å²) < 4.78 is 0. The van der Waals surface area contributed by atoms with E-state index in [1.54, 1.807) is 0 Å². The molecule has 0 spiro atoms. The molecule has 2 fully saturated rings. The van der Waals surface area contributed by atoms with Crippen molar-refractivity contribution in [1.82, 2.24) is 15.3 Å². The van der Waals surface area contributed by atoms with Crippen molar-refractivity contribution in [3.63, 3.8) is 0 Å². The SMILES string of the molecule is CN1CCCCC1CNC(=O)ON1C(=O)CCC1=O. The quantitative estimate of drug-likeness (QED) is 0.744. The predicted molar refractivity (Wildman–Crippen MR) is 65.8 cm³/mol. The molecule has 7 heteroatoms. The minimum Gasteiger partial charge on any atom is -0.318 e. The highest BCUT2D eigenvalue weighted by Gasteiger charge is 2.33. The van der Waals surface area contributed by atoms with Crippen molar-refractivity contribution in [2.75, 3.05) is 20.1 Å². The Morgan fingerprint density at radius 1 is 1.32 bits per heavy atom. The third kappa shape index (κ3) is 3.44. The minimum atomic E-state index is -0.748. The molecule has 0 aromatic heterocycles. The van der Waals surface area contributed by atoms with E-state index in [0.717, 1.165) is 19.4 Å². The molecule has 0 aromatic carbocycles. The summed E-state index contributed by atoms with van der Waals surface area (Å²) in [7, 11) is 2.02. The largest absolute Gasteiger partial charge is 0.432 e. The average Bonchev–Trinajstić information content (AvgIpc) is 2.70. The van der Waals surface area contributed by atoms with E-state index < -0.39 is 17.9 Å². The van der Waals surface area contributed by atoms with Gasteiger partial charge in [0.25, 0.3) is 11.8 Å². The summed E-state index contributed by atoms with van der Waals surface area (Å²) in [5.74, 6) is -0.926. The average molecular weight is 269 g/mol. The number of piperidine rings is 1. The van der Waals surface area contributed by atoms with E-state index in [1.165, 1.54) is 6.42 Å². The summed E-state index contributed by atoms with van der Waals surface area (Å²) in [6, 6.07) is 0.284. The van der Waals surface area contributed by atoms with Crippen molar-refractivity contribution in [1.29, 1.82) is 0 Å². The Hall–Kier alpha value is -1.63. The number of carbonyl (C=O) groups is 3. The fourth-order valence-electron chi connectivity index (χ4n) is 2.38. The molecule has 0 radical (unpaired) electrons. The highest BCUT2D eigenvalue weighted by Crippen LogP contribution is 2.14. The lowest BCUT2D eigenvalue weighted by molar-refractivity contribution is -0.171. The van der Waals surface area contributed by atoms with E-state index in [-0.39, 0.29) is 18.9 Å². The Morgan fingerprint density at radius 2 is 2.00 bits per heavy atom. The van der Waals surface area contributed by atoms with Crippen molar-refractivity contribution in [3.05, 3.63) is 0 Å². The van der Waals surface area contributed by atoms with Crippen molar-refractivity contribution < 1.29 is 19.2 Å². The van der Waals surface area contributed by atoms with Crippen molar-refractivity contribution in [2.45, 2.75) is 38.1 Å². The first-order valence-electron chi connectivity index (χ1n) is 6.60. The lowest BCUT2D eigenvalue weighted by Gasteiger charge is -2.32. The van der Waals surface area contributed by atoms with Crippen molar-refractivity contribution in [2.24, 2.45) is 0 Å². The monoisotopic (exact) mass is 269 g/mol. The van der Waals surface area contributed by atoms with Crippen LogP contribution in [0.3, 0.4) is 0 Å². The van der Waals surface area contributed by atoms with Crippen LogP contribution in [-0.2, 0) is 14.4 Å². The molecule has 2 aliphatic heterocycles. The van der Waals surface area contributed by atoms with Crippen LogP contribution in [0.25, 0.3) is 0 Å². The van der Waals surface area contributed by atoms with Gasteiger partial charge in [0.1, 0.15) is 0 Å². The zero-order chi connectivity index (χ0) is 13.8. The third-order valence-electron chi connectivity index (χ3n) is 3.58. The number of hydrogen-bond donors (Lipinski definition) is 1. The summed E-state index contributed by atoms with van der Waals surface area (Å²) >= 11 is 0. The van der Waals surface area contributed by atoms with Gasteiger partial charge in [-0.05, 0) is 26.4 Å². The summed E-state index contributed by atoms with van der Waals surface area (Å²) in [4.78, 5) is 41.0. The maximum Gasteiger partial charge on any atom is 0.432 e. The zero-order valence-corrected chi connectivity index (χ0v) is 11.1. The first kappa shape index (κ1) is 13.8. The van der Waals surface area contributed by atoms with E-state index in [2.05, 4.69) is 10.2 Å². The number of hydroxylamine groups is 2. The Morgan fingerprint density at radius 3 is 2.63 bits per heavy atom. The molecule has 0 aromatic rings. The van der Waals surface area contributed by atoms with Crippen LogP contribution >= 0.6 is 0 Å². The molecular formula is C12H19N3O4. The molecule has 0 bridgehead atoms. The van der Waals surface area contributed by atoms with Gasteiger partial charge in [0.15, 0.2) is 0 Å². The predicted octanol–water partition coefficient (Wildman–Crippen LogP) is 0.261. The van der Waals surface area contributed by atoms with Gasteiger partial charge in [-0.3, -0.25) is 9.59 Å². The molecule has 2 rings (SSSR count). The van der Waals surface area contributed by atoms with E-state index in [9.17, 15) is 14.4 Å². The third-order valence-corrected chi connectivity index (χ3v) is 3.58. The molecule has 1 atom stereocenters. The second-order valence-electron chi connectivity index (χ2n) is 4.97. The molecule has 1 N–H and O–H groups in total. The fourth-order valence-corrected chi connectivity index (χ4v) is 2.38. The van der Waals surface area contributed by atoms with Crippen LogP contribution < -0.4 is 5.32 Å². The summed E-state index contributed by atoms with van der Waals surface area (Å²) in [6.45, 7) is 1.48. The van der Waals surface area contributed by atoms with E-state index in [1.807, 2.05) is 7.05 Å². The number of rotatable bonds is 3. The number of nitrogens with zero attached hydrogens (tertiary/aromatic N) is 2. The van der Waals surface area contributed by atoms with Gasteiger partial charge in [-0.15, -0.1) is 5.06 Å². The standard InChI is InChI=1S/C12H19N3O4/c1-14-7-3-2-4-9(14)8-13-12(18)19-15-10(16)5-6-11(15)17/h9H,2-8H2,1H3,(H,13,18). The van der Waals surface area contributed by atoms with Crippen molar-refractivity contribution >= 4 is 17.9 Å². The van der Waals surface area contributed by atoms with Gasteiger partial charge in [-0.25, -0.2) is 4.79 Å². The normalized spacial score (nSPS) is 24.7. The Kier molecular flexibility index (Phi) is 4.36. The van der Waals surface area contributed by atoms with Crippen LogP contribution in [0, 0.1) is 0 Å². The lowest BCUT2D eigenvalue weighted by atomic mass is 10.0. The van der Waals surface area contributed by atoms with Crippen molar-refractivity contribution in [3.8, 4) is 0 Å². The van der Waals surface area contributed by atoms with Crippen LogP contribution in [-0.4, -0.2) is 54.0 Å². The first-order chi connectivity index (χ1) is 9.08. The molecule has 1 unspecified atom stereocenters. The smallest absolute Gasteiger partial charge is 0.318 e. The first-order valence-corrected chi connectivity index (χ1v) is 6.60. The summed E-state index contributed by atoms with van der Waals surface area (Å²) in [6.07, 6.45) is 2.82. The molecule has 2 heterocycles. The molecule has 0 aliphatic carbocycles. The van der Waals surface area contributed by atoms with Gasteiger partial charge < -0.3 is 15.1 Å². The lowest BCUT2D eigenvalue weighted by Crippen LogP contribution is -2.46. The fraction of sp³-hybridized carbons (Fsp3) is 0.750. The van der Waals surface area contributed by atoms with E-state index in [0.29, 0.717) is 11.6 Å². The van der Waals surface area contributed by atoms with Gasteiger partial charge in [0, 0.05) is 25.4 Å². The Labute approximate surface area is 111 Å². The van der Waals surface area contributed by atoms with Gasteiger partial charge in [0.05, 0.1) is 0 Å². The van der Waals surface area contributed by atoms with Crippen LogP contribution in [0.2, 0.25) is 0 Å². The number of likely N-dealkylation sites (N-methyl/N-ethyl adjacent to an activating group) is 1. The topological polar surface area (TPSA) is 79.0 Å². The molecule has 3 amide bonds. The number of likely N-dealkylation sites (tertiary alicyclic amines) is 1. The highest BCUT2D eigenvalue weighted by atomic mass is 16.7. The second-order valence-corrected chi connectivity index (χ2v) is 4.97. The molecule has 7 nitrogen and oxygen atoms in total.